The predicted octanol–water partition coefficient (Wildman–Crippen LogP) is 1.43. The topological polar surface area (TPSA) is 49.4 Å². The Morgan fingerprint density at radius 2 is 1.33 bits per heavy atom. The van der Waals surface area contributed by atoms with Crippen LogP contribution in [0.3, 0.4) is 0 Å². The molecule has 3 heterocycles. The summed E-state index contributed by atoms with van der Waals surface area (Å²) in [5.74, 6) is 0. The summed E-state index contributed by atoms with van der Waals surface area (Å²) in [5, 5.41) is 2.04. The maximum atomic E-state index is 4.14. The van der Waals surface area contributed by atoms with Gasteiger partial charge in [-0.05, 0) is 16.4 Å². The maximum Gasteiger partial charge on any atom is 0.124 e. The molecule has 12 heavy (non-hydrogen) atoms. The molecule has 0 saturated carbocycles. The van der Waals surface area contributed by atoms with E-state index in [2.05, 4.69) is 20.0 Å². The van der Waals surface area contributed by atoms with Gasteiger partial charge in [-0.15, -0.1) is 0 Å². The Morgan fingerprint density at radius 1 is 0.833 bits per heavy atom. The van der Waals surface area contributed by atoms with E-state index in [-0.39, 0.29) is 0 Å². The molecule has 56 valence electrons. The predicted molar refractivity (Wildman–Crippen MR) is 50.1 cm³/mol. The van der Waals surface area contributed by atoms with E-state index in [0.717, 1.165) is 37.4 Å². The van der Waals surface area contributed by atoms with Gasteiger partial charge in [0.2, 0.25) is 0 Å². The Kier molecular flexibility index (Phi) is 1.23. The van der Waals surface area contributed by atoms with Crippen LogP contribution in [-0.2, 0) is 0 Å². The summed E-state index contributed by atoms with van der Waals surface area (Å²) in [6, 6.07) is 0. The maximum absolute atomic E-state index is 4.14. The van der Waals surface area contributed by atoms with Gasteiger partial charge in [0.05, 0.1) is 0 Å². The average Bonchev–Trinajstić information content (AvgIpc) is 2.64. The van der Waals surface area contributed by atoms with Gasteiger partial charge in [-0.3, -0.25) is 0 Å². The Bertz CT molecular complexity index is 481. The summed E-state index contributed by atoms with van der Waals surface area (Å²) in [6.45, 7) is 0. The van der Waals surface area contributed by atoms with Gasteiger partial charge in [0.1, 0.15) is 33.7 Å². The second-order valence-electron chi connectivity index (χ2n) is 2.27. The zero-order chi connectivity index (χ0) is 7.97. The van der Waals surface area contributed by atoms with Crippen molar-refractivity contribution in [1.29, 1.82) is 0 Å². The first-order valence-corrected chi connectivity index (χ1v) is 5.11. The lowest BCUT2D eigenvalue weighted by atomic mass is 10.9. The highest BCUT2D eigenvalue weighted by molar-refractivity contribution is 7.41. The normalized spacial score (nSPS) is 16.7. The quantitative estimate of drug-likeness (QED) is 0.597. The van der Waals surface area contributed by atoms with Crippen molar-refractivity contribution in [2.75, 3.05) is 0 Å². The molecule has 1 aromatic heterocycles. The molecule has 3 rings (SSSR count). The van der Waals surface area contributed by atoms with Crippen molar-refractivity contribution >= 4 is 39.9 Å². The summed E-state index contributed by atoms with van der Waals surface area (Å²) < 4.78 is 0. The lowest BCUT2D eigenvalue weighted by molar-refractivity contribution is 1.60. The fraction of sp³-hybridized carbons (Fsp3) is 0. The summed E-state index contributed by atoms with van der Waals surface area (Å²) in [6.07, 6.45) is 3.19. The monoisotopic (exact) mass is 192 g/mol. The molecule has 0 saturated heterocycles. The number of hydrogen-bond donors (Lipinski definition) is 0. The first kappa shape index (κ1) is 6.53. The van der Waals surface area contributed by atoms with Crippen molar-refractivity contribution in [2.45, 2.75) is 0 Å². The zero-order valence-electron chi connectivity index (χ0n) is 5.84. The SMILES string of the molecule is C1=Nc2pc3c(pc2=N1)N=CN=3. The minimum Gasteiger partial charge on any atom is -0.229 e. The highest BCUT2D eigenvalue weighted by Gasteiger charge is 2.07. The third kappa shape index (κ3) is 0.795. The van der Waals surface area contributed by atoms with Crippen LogP contribution in [-0.4, -0.2) is 12.7 Å². The van der Waals surface area contributed by atoms with Crippen molar-refractivity contribution in [3.8, 4) is 0 Å². The first-order valence-electron chi connectivity index (χ1n) is 3.32. The van der Waals surface area contributed by atoms with Crippen LogP contribution in [0.4, 0.5) is 10.8 Å². The molecule has 0 radical (unpaired) electrons. The molecule has 0 fully saturated rings. The van der Waals surface area contributed by atoms with Crippen LogP contribution in [0.25, 0.3) is 0 Å². The van der Waals surface area contributed by atoms with E-state index < -0.39 is 0 Å². The van der Waals surface area contributed by atoms with E-state index in [1.54, 1.807) is 12.7 Å². The molecular formula is C6H2N4P2. The van der Waals surface area contributed by atoms with E-state index in [1.807, 2.05) is 0 Å². The zero-order valence-corrected chi connectivity index (χ0v) is 7.63. The van der Waals surface area contributed by atoms with Crippen LogP contribution >= 0.6 is 16.4 Å². The minimum atomic E-state index is 1.02. The second-order valence-corrected chi connectivity index (χ2v) is 4.41. The molecule has 4 nitrogen and oxygen atoms in total. The molecular weight excluding hydrogens is 190 g/mol. The van der Waals surface area contributed by atoms with Gasteiger partial charge in [-0.25, -0.2) is 20.0 Å². The molecule has 0 spiro atoms. The van der Waals surface area contributed by atoms with Crippen LogP contribution in [0.2, 0.25) is 0 Å². The summed E-state index contributed by atoms with van der Waals surface area (Å²) in [7, 11) is 2.08. The standard InChI is InChI=1S/C6H2N4P2/c1-7-3-4(8-1)12-6-5(11-3)9-2-10-6/h1-2H. The first-order chi connectivity index (χ1) is 5.93. The molecule has 0 aromatic carbocycles. The number of nitrogens with zero attached hydrogens (tertiary/aromatic N) is 4. The van der Waals surface area contributed by atoms with E-state index in [1.165, 1.54) is 0 Å². The highest BCUT2D eigenvalue weighted by Crippen LogP contribution is 2.28. The van der Waals surface area contributed by atoms with Crippen LogP contribution < -0.4 is 10.2 Å². The van der Waals surface area contributed by atoms with Gasteiger partial charge in [-0.1, -0.05) is 0 Å². The number of hydrogen-bond acceptors (Lipinski definition) is 4. The number of rotatable bonds is 0. The molecule has 0 unspecified atom stereocenters. The fourth-order valence-corrected chi connectivity index (χ4v) is 3.09. The Hall–Kier alpha value is -0.980. The van der Waals surface area contributed by atoms with Crippen molar-refractivity contribution in [1.82, 2.24) is 0 Å². The largest absolute Gasteiger partial charge is 0.229 e. The van der Waals surface area contributed by atoms with Gasteiger partial charge >= 0.3 is 0 Å². The lowest BCUT2D eigenvalue weighted by Gasteiger charge is -1.87. The van der Waals surface area contributed by atoms with Crippen molar-refractivity contribution < 1.29 is 0 Å². The molecule has 6 heteroatoms. The van der Waals surface area contributed by atoms with E-state index in [4.69, 9.17) is 0 Å². The van der Waals surface area contributed by atoms with Gasteiger partial charge in [0.15, 0.2) is 0 Å². The molecule has 0 bridgehead atoms. The van der Waals surface area contributed by atoms with Gasteiger partial charge in [0, 0.05) is 0 Å². The third-order valence-electron chi connectivity index (χ3n) is 1.54. The summed E-state index contributed by atoms with van der Waals surface area (Å²) in [5.41, 5.74) is 2.04. The summed E-state index contributed by atoms with van der Waals surface area (Å²) >= 11 is 0. The molecule has 0 atom stereocenters. The van der Waals surface area contributed by atoms with Gasteiger partial charge < -0.3 is 0 Å². The van der Waals surface area contributed by atoms with Crippen LogP contribution in [0.5, 0.6) is 0 Å². The van der Waals surface area contributed by atoms with Crippen molar-refractivity contribution in [3.63, 3.8) is 0 Å². The number of fused-ring (bicyclic) bond motifs is 2. The van der Waals surface area contributed by atoms with Crippen molar-refractivity contribution in [3.05, 3.63) is 10.2 Å². The average molecular weight is 192 g/mol. The fourth-order valence-electron chi connectivity index (χ4n) is 1.02. The molecule has 0 N–H and O–H groups in total. The van der Waals surface area contributed by atoms with Crippen LogP contribution in [0.15, 0.2) is 20.0 Å². The van der Waals surface area contributed by atoms with E-state index in [0.29, 0.717) is 0 Å². The van der Waals surface area contributed by atoms with Crippen LogP contribution in [0, 0.1) is 0 Å². The number of aliphatic imine (C=N–C) groups is 2. The second kappa shape index (κ2) is 2.25. The Morgan fingerprint density at radius 3 is 1.83 bits per heavy atom. The molecule has 0 amide bonds. The molecule has 2 aliphatic rings. The van der Waals surface area contributed by atoms with E-state index in [9.17, 15) is 0 Å². The molecule has 2 aliphatic heterocycles. The molecule has 0 aliphatic carbocycles. The van der Waals surface area contributed by atoms with Crippen molar-refractivity contribution in [2.24, 2.45) is 20.0 Å². The lowest BCUT2D eigenvalue weighted by Crippen LogP contribution is -1.95. The molecule has 1 aromatic rings. The van der Waals surface area contributed by atoms with Gasteiger partial charge in [-0.2, -0.15) is 0 Å². The van der Waals surface area contributed by atoms with Crippen LogP contribution in [0.1, 0.15) is 0 Å². The van der Waals surface area contributed by atoms with E-state index >= 15 is 0 Å². The highest BCUT2D eigenvalue weighted by atomic mass is 31.0. The summed E-state index contributed by atoms with van der Waals surface area (Å²) in [4.78, 5) is 16.5. The Labute approximate surface area is 70.7 Å². The third-order valence-corrected chi connectivity index (χ3v) is 4.05. The minimum absolute atomic E-state index is 1.02. The Balaban J connectivity index is 2.50. The van der Waals surface area contributed by atoms with Gasteiger partial charge in [0.25, 0.3) is 0 Å². The smallest absolute Gasteiger partial charge is 0.124 e.